The third-order valence-electron chi connectivity index (χ3n) is 4.68. The summed E-state index contributed by atoms with van der Waals surface area (Å²) in [5.74, 6) is -2.27. The predicted octanol–water partition coefficient (Wildman–Crippen LogP) is 4.21. The largest absolute Gasteiger partial charge is 0.469 e. The minimum absolute atomic E-state index is 0.0266. The van der Waals surface area contributed by atoms with Gasteiger partial charge in [0.25, 0.3) is 0 Å². The number of aryl methyl sites for hydroxylation is 1. The fourth-order valence-corrected chi connectivity index (χ4v) is 3.57. The molecule has 0 radical (unpaired) electrons. The normalized spacial score (nSPS) is 22.4. The molecule has 1 aliphatic rings. The van der Waals surface area contributed by atoms with E-state index in [1.165, 1.54) is 6.07 Å². The second-order valence-electron chi connectivity index (χ2n) is 6.24. The lowest BCUT2D eigenvalue weighted by Gasteiger charge is -2.38. The fraction of sp³-hybridized carbons (Fsp3) is 0.316. The summed E-state index contributed by atoms with van der Waals surface area (Å²) >= 11 is 0. The number of halogens is 3. The van der Waals surface area contributed by atoms with E-state index in [0.29, 0.717) is 11.3 Å². The first-order valence-electron chi connectivity index (χ1n) is 7.87. The van der Waals surface area contributed by atoms with Crippen LogP contribution in [0.5, 0.6) is 0 Å². The molecule has 2 atom stereocenters. The van der Waals surface area contributed by atoms with Gasteiger partial charge in [-0.15, -0.1) is 0 Å². The zero-order chi connectivity index (χ0) is 18.2. The lowest BCUT2D eigenvalue weighted by atomic mass is 9.82. The van der Waals surface area contributed by atoms with Crippen molar-refractivity contribution in [1.82, 2.24) is 0 Å². The molecule has 0 saturated heterocycles. The Balaban J connectivity index is 2.21. The molecule has 1 aliphatic carbocycles. The highest BCUT2D eigenvalue weighted by molar-refractivity contribution is 5.78. The predicted molar refractivity (Wildman–Crippen MR) is 88.2 cm³/mol. The monoisotopic (exact) mass is 349 g/mol. The summed E-state index contributed by atoms with van der Waals surface area (Å²) in [6.45, 7) is 1.80. The molecule has 0 fully saturated rings. The van der Waals surface area contributed by atoms with E-state index in [9.17, 15) is 18.0 Å². The number of carbonyl (C=O) groups is 1. The average Bonchev–Trinajstić information content (AvgIpc) is 2.90. The minimum atomic E-state index is -4.69. The minimum Gasteiger partial charge on any atom is -0.469 e. The standard InChI is InChI=1S/C19H18F3NO2/c1-12-6-5-8-14(10-12)23-18(19(20,21)22)15-9-4-3-7-13(15)11-16(18)17(24)25-2/h3-10,16,23H,11H2,1-2H3/t16-,18-/m1/s1. The Hall–Kier alpha value is -2.50. The lowest BCUT2D eigenvalue weighted by Crippen LogP contribution is -2.55. The first-order chi connectivity index (χ1) is 11.8. The molecule has 6 heteroatoms. The average molecular weight is 349 g/mol. The number of ether oxygens (including phenoxy) is 1. The molecule has 0 bridgehead atoms. The van der Waals surface area contributed by atoms with Gasteiger partial charge in [0, 0.05) is 5.69 Å². The van der Waals surface area contributed by atoms with Crippen molar-refractivity contribution in [3.8, 4) is 0 Å². The number of esters is 1. The molecule has 0 aromatic heterocycles. The summed E-state index contributed by atoms with van der Waals surface area (Å²) in [7, 11) is 1.11. The molecule has 2 aromatic rings. The smallest absolute Gasteiger partial charge is 0.416 e. The van der Waals surface area contributed by atoms with Crippen LogP contribution in [0.4, 0.5) is 18.9 Å². The van der Waals surface area contributed by atoms with Gasteiger partial charge < -0.3 is 10.1 Å². The highest BCUT2D eigenvalue weighted by Gasteiger charge is 2.66. The van der Waals surface area contributed by atoms with Crippen molar-refractivity contribution in [3.05, 3.63) is 65.2 Å². The van der Waals surface area contributed by atoms with E-state index < -0.39 is 23.6 Å². The van der Waals surface area contributed by atoms with Crippen molar-refractivity contribution in [2.45, 2.75) is 25.1 Å². The van der Waals surface area contributed by atoms with Crippen LogP contribution in [0.1, 0.15) is 16.7 Å². The Kier molecular flexibility index (Phi) is 4.22. The lowest BCUT2D eigenvalue weighted by molar-refractivity contribution is -0.201. The molecular weight excluding hydrogens is 331 g/mol. The molecule has 0 unspecified atom stereocenters. The first-order valence-corrected chi connectivity index (χ1v) is 7.87. The number of methoxy groups -OCH3 is 1. The molecule has 2 aromatic carbocycles. The molecule has 0 saturated carbocycles. The Morgan fingerprint density at radius 2 is 1.92 bits per heavy atom. The van der Waals surface area contributed by atoms with Gasteiger partial charge >= 0.3 is 12.1 Å². The van der Waals surface area contributed by atoms with Gasteiger partial charge in [0.2, 0.25) is 0 Å². The molecule has 3 rings (SSSR count). The highest BCUT2D eigenvalue weighted by atomic mass is 19.4. The Labute approximate surface area is 143 Å². The summed E-state index contributed by atoms with van der Waals surface area (Å²) < 4.78 is 47.8. The number of rotatable bonds is 3. The summed E-state index contributed by atoms with van der Waals surface area (Å²) in [6, 6.07) is 12.9. The number of alkyl halides is 3. The van der Waals surface area contributed by atoms with E-state index in [0.717, 1.165) is 12.7 Å². The van der Waals surface area contributed by atoms with Crippen molar-refractivity contribution < 1.29 is 22.7 Å². The van der Waals surface area contributed by atoms with Gasteiger partial charge in [-0.2, -0.15) is 13.2 Å². The number of benzene rings is 2. The van der Waals surface area contributed by atoms with Crippen LogP contribution in [-0.2, 0) is 21.5 Å². The highest BCUT2D eigenvalue weighted by Crippen LogP contribution is 2.53. The van der Waals surface area contributed by atoms with Gasteiger partial charge in [0.1, 0.15) is 0 Å². The van der Waals surface area contributed by atoms with Crippen molar-refractivity contribution in [2.24, 2.45) is 5.92 Å². The van der Waals surface area contributed by atoms with Gasteiger partial charge in [0.05, 0.1) is 13.0 Å². The molecule has 0 aliphatic heterocycles. The number of hydrogen-bond acceptors (Lipinski definition) is 3. The van der Waals surface area contributed by atoms with Crippen LogP contribution >= 0.6 is 0 Å². The summed E-state index contributed by atoms with van der Waals surface area (Å²) in [4.78, 5) is 12.2. The quantitative estimate of drug-likeness (QED) is 0.844. The molecule has 3 nitrogen and oxygen atoms in total. The van der Waals surface area contributed by atoms with Crippen molar-refractivity contribution >= 4 is 11.7 Å². The van der Waals surface area contributed by atoms with Gasteiger partial charge in [-0.05, 0) is 42.2 Å². The maximum atomic E-state index is 14.4. The van der Waals surface area contributed by atoms with Gasteiger partial charge in [0.15, 0.2) is 5.54 Å². The van der Waals surface area contributed by atoms with Crippen molar-refractivity contribution in [1.29, 1.82) is 0 Å². The molecule has 0 amide bonds. The topological polar surface area (TPSA) is 38.3 Å². The number of fused-ring (bicyclic) bond motifs is 1. The number of anilines is 1. The SMILES string of the molecule is COC(=O)[C@H]1Cc2ccccc2[C@]1(Nc1cccc(C)c1)C(F)(F)F. The Bertz CT molecular complexity index is 803. The van der Waals surface area contributed by atoms with Crippen LogP contribution in [0.15, 0.2) is 48.5 Å². The zero-order valence-corrected chi connectivity index (χ0v) is 13.9. The summed E-state index contributed by atoms with van der Waals surface area (Å²) in [5, 5.41) is 2.63. The Morgan fingerprint density at radius 3 is 2.56 bits per heavy atom. The molecule has 0 heterocycles. The van der Waals surface area contributed by atoms with Crippen molar-refractivity contribution in [3.63, 3.8) is 0 Å². The number of carbonyl (C=O) groups excluding carboxylic acids is 1. The molecule has 25 heavy (non-hydrogen) atoms. The van der Waals surface area contributed by atoms with Crippen LogP contribution < -0.4 is 5.32 Å². The maximum absolute atomic E-state index is 14.4. The van der Waals surface area contributed by atoms with Crippen LogP contribution in [0.25, 0.3) is 0 Å². The van der Waals surface area contributed by atoms with E-state index >= 15 is 0 Å². The molecule has 132 valence electrons. The zero-order valence-electron chi connectivity index (χ0n) is 13.9. The van der Waals surface area contributed by atoms with E-state index in [-0.39, 0.29) is 12.0 Å². The van der Waals surface area contributed by atoms with Gasteiger partial charge in [-0.3, -0.25) is 4.79 Å². The molecule has 1 N–H and O–H groups in total. The van der Waals surface area contributed by atoms with E-state index in [2.05, 4.69) is 5.32 Å². The van der Waals surface area contributed by atoms with E-state index in [4.69, 9.17) is 4.74 Å². The second kappa shape index (κ2) is 6.10. The first kappa shape index (κ1) is 17.3. The summed E-state index contributed by atoms with van der Waals surface area (Å²) in [5.41, 5.74) is -0.828. The maximum Gasteiger partial charge on any atom is 0.416 e. The third kappa shape index (κ3) is 2.75. The van der Waals surface area contributed by atoms with Gasteiger partial charge in [-0.1, -0.05) is 36.4 Å². The Morgan fingerprint density at radius 1 is 1.20 bits per heavy atom. The van der Waals surface area contributed by atoms with Gasteiger partial charge in [-0.25, -0.2) is 0 Å². The second-order valence-corrected chi connectivity index (χ2v) is 6.24. The van der Waals surface area contributed by atoms with Crippen LogP contribution in [0.3, 0.4) is 0 Å². The van der Waals surface area contributed by atoms with Crippen LogP contribution in [0.2, 0.25) is 0 Å². The summed E-state index contributed by atoms with van der Waals surface area (Å²) in [6.07, 6.45) is -4.72. The third-order valence-corrected chi connectivity index (χ3v) is 4.68. The van der Waals surface area contributed by atoms with E-state index in [1.807, 2.05) is 0 Å². The molecular formula is C19H18F3NO2. The van der Waals surface area contributed by atoms with Crippen molar-refractivity contribution in [2.75, 3.05) is 12.4 Å². The number of nitrogens with one attached hydrogen (secondary N) is 1. The van der Waals surface area contributed by atoms with Crippen LogP contribution in [0, 0.1) is 12.8 Å². The fourth-order valence-electron chi connectivity index (χ4n) is 3.57. The number of hydrogen-bond donors (Lipinski definition) is 1. The van der Waals surface area contributed by atoms with E-state index in [1.54, 1.807) is 49.4 Å². The molecule has 0 spiro atoms. The van der Waals surface area contributed by atoms with Crippen LogP contribution in [-0.4, -0.2) is 19.3 Å².